The highest BCUT2D eigenvalue weighted by Crippen LogP contribution is 2.27. The number of hydrogen-bond acceptors (Lipinski definition) is 4. The second-order valence-electron chi connectivity index (χ2n) is 5.53. The fourth-order valence-electron chi connectivity index (χ4n) is 2.21. The van der Waals surface area contributed by atoms with Crippen molar-refractivity contribution in [1.82, 2.24) is 0 Å². The monoisotopic (exact) mass is 439 g/mol. The van der Waals surface area contributed by atoms with Gasteiger partial charge in [0.1, 0.15) is 6.54 Å². The second kappa shape index (κ2) is 8.33. The first kappa shape index (κ1) is 19.9. The van der Waals surface area contributed by atoms with Gasteiger partial charge >= 0.3 is 0 Å². The molecule has 26 heavy (non-hydrogen) atoms. The number of nitrogens with zero attached hydrogens (tertiary/aromatic N) is 1. The van der Waals surface area contributed by atoms with Crippen LogP contribution < -0.4 is 14.9 Å². The molecular weight excluding hydrogens is 422 g/mol. The lowest BCUT2D eigenvalue weighted by molar-refractivity contribution is -0.115. The summed E-state index contributed by atoms with van der Waals surface area (Å²) in [6, 6.07) is 13.3. The number of carbonyl (C=O) groups excluding carboxylic acids is 2. The topological polar surface area (TPSA) is 95.6 Å². The molecule has 0 bridgehead atoms. The van der Waals surface area contributed by atoms with Crippen molar-refractivity contribution < 1.29 is 18.0 Å². The van der Waals surface area contributed by atoms with Crippen LogP contribution in [0.3, 0.4) is 0 Å². The van der Waals surface area contributed by atoms with Crippen LogP contribution in [-0.4, -0.2) is 33.0 Å². The fraction of sp³-hybridized carbons (Fsp3) is 0.176. The van der Waals surface area contributed by atoms with Crippen LogP contribution in [0.4, 0.5) is 17.1 Å². The molecule has 0 radical (unpaired) electrons. The first-order valence-corrected chi connectivity index (χ1v) is 10.2. The minimum absolute atomic E-state index is 0.195. The third kappa shape index (κ3) is 5.57. The molecule has 7 nitrogen and oxygen atoms in total. The largest absolute Gasteiger partial charge is 0.326 e. The van der Waals surface area contributed by atoms with Gasteiger partial charge in [0.2, 0.25) is 21.8 Å². The number of benzene rings is 2. The van der Waals surface area contributed by atoms with Crippen LogP contribution in [0.25, 0.3) is 0 Å². The van der Waals surface area contributed by atoms with Crippen LogP contribution in [0.5, 0.6) is 0 Å². The molecule has 0 heterocycles. The van der Waals surface area contributed by atoms with E-state index in [0.29, 0.717) is 21.5 Å². The summed E-state index contributed by atoms with van der Waals surface area (Å²) in [4.78, 5) is 23.3. The van der Waals surface area contributed by atoms with E-state index in [1.54, 1.807) is 48.5 Å². The first-order chi connectivity index (χ1) is 12.2. The molecule has 2 rings (SSSR count). The van der Waals surface area contributed by atoms with Gasteiger partial charge in [-0.1, -0.05) is 12.1 Å². The molecule has 0 fully saturated rings. The molecule has 2 aromatic rings. The molecule has 0 saturated heterocycles. The minimum Gasteiger partial charge on any atom is -0.326 e. The summed E-state index contributed by atoms with van der Waals surface area (Å²) >= 11 is 3.30. The standard InChI is InChI=1S/C17H18BrN3O4S/c1-12(22)19-13-7-9-14(10-8-13)20-17(23)11-21(26(2,24)25)16-6-4-3-5-15(16)18/h3-10H,11H2,1-2H3,(H,19,22)(H,20,23). The molecule has 0 unspecified atom stereocenters. The number of anilines is 3. The number of halogens is 1. The highest BCUT2D eigenvalue weighted by Gasteiger charge is 2.22. The fourth-order valence-corrected chi connectivity index (χ4v) is 3.69. The second-order valence-corrected chi connectivity index (χ2v) is 8.29. The van der Waals surface area contributed by atoms with Crippen LogP contribution >= 0.6 is 15.9 Å². The average molecular weight is 440 g/mol. The number of amides is 2. The van der Waals surface area contributed by atoms with Crippen LogP contribution in [0.1, 0.15) is 6.92 Å². The minimum atomic E-state index is -3.65. The van der Waals surface area contributed by atoms with Crippen molar-refractivity contribution >= 4 is 54.8 Å². The maximum atomic E-state index is 12.3. The zero-order valence-corrected chi connectivity index (χ0v) is 16.6. The molecule has 0 atom stereocenters. The summed E-state index contributed by atoms with van der Waals surface area (Å²) in [5.41, 5.74) is 1.47. The number of rotatable bonds is 6. The summed E-state index contributed by atoms with van der Waals surface area (Å²) in [6.07, 6.45) is 1.04. The average Bonchev–Trinajstić information content (AvgIpc) is 2.54. The van der Waals surface area contributed by atoms with Crippen molar-refractivity contribution in [1.29, 1.82) is 0 Å². The lowest BCUT2D eigenvalue weighted by Crippen LogP contribution is -2.37. The quantitative estimate of drug-likeness (QED) is 0.722. The Bertz CT molecular complexity index is 914. The van der Waals surface area contributed by atoms with Crippen molar-refractivity contribution in [3.05, 3.63) is 53.0 Å². The number of carbonyl (C=O) groups is 2. The third-order valence-corrected chi connectivity index (χ3v) is 5.09. The molecule has 138 valence electrons. The predicted octanol–water partition coefficient (Wildman–Crippen LogP) is 2.81. The van der Waals surface area contributed by atoms with Gasteiger partial charge in [0, 0.05) is 22.8 Å². The van der Waals surface area contributed by atoms with Crippen molar-refractivity contribution in [2.75, 3.05) is 27.7 Å². The molecule has 2 N–H and O–H groups in total. The van der Waals surface area contributed by atoms with E-state index >= 15 is 0 Å². The van der Waals surface area contributed by atoms with Crippen molar-refractivity contribution in [2.45, 2.75) is 6.92 Å². The number of hydrogen-bond donors (Lipinski definition) is 2. The van der Waals surface area contributed by atoms with Gasteiger partial charge in [-0.3, -0.25) is 13.9 Å². The molecule has 2 amide bonds. The van der Waals surface area contributed by atoms with Gasteiger partial charge in [-0.2, -0.15) is 0 Å². The molecular formula is C17H18BrN3O4S. The molecule has 0 aromatic heterocycles. The van der Waals surface area contributed by atoms with Crippen LogP contribution in [0.15, 0.2) is 53.0 Å². The Labute approximate surface area is 160 Å². The maximum Gasteiger partial charge on any atom is 0.245 e. The summed E-state index contributed by atoms with van der Waals surface area (Å²) < 4.78 is 25.8. The van der Waals surface area contributed by atoms with Crippen molar-refractivity contribution in [2.24, 2.45) is 0 Å². The highest BCUT2D eigenvalue weighted by atomic mass is 79.9. The lowest BCUT2D eigenvalue weighted by Gasteiger charge is -2.23. The predicted molar refractivity (Wildman–Crippen MR) is 106 cm³/mol. The smallest absolute Gasteiger partial charge is 0.245 e. The molecule has 0 aliphatic rings. The molecule has 0 saturated carbocycles. The Balaban J connectivity index is 2.13. The van der Waals surface area contributed by atoms with Gasteiger partial charge in [0.25, 0.3) is 0 Å². The zero-order valence-electron chi connectivity index (χ0n) is 14.2. The van der Waals surface area contributed by atoms with Gasteiger partial charge in [-0.25, -0.2) is 8.42 Å². The summed E-state index contributed by atoms with van der Waals surface area (Å²) in [5, 5.41) is 5.26. The maximum absolute atomic E-state index is 12.3. The molecule has 2 aromatic carbocycles. The lowest BCUT2D eigenvalue weighted by atomic mass is 10.2. The number of nitrogens with one attached hydrogen (secondary N) is 2. The van der Waals surface area contributed by atoms with E-state index < -0.39 is 15.9 Å². The Kier molecular flexibility index (Phi) is 6.38. The third-order valence-electron chi connectivity index (χ3n) is 3.30. The normalized spacial score (nSPS) is 10.9. The van der Waals surface area contributed by atoms with E-state index in [-0.39, 0.29) is 12.5 Å². The Morgan fingerprint density at radius 1 is 1.00 bits per heavy atom. The van der Waals surface area contributed by atoms with E-state index in [1.165, 1.54) is 6.92 Å². The van der Waals surface area contributed by atoms with Crippen molar-refractivity contribution in [3.63, 3.8) is 0 Å². The summed E-state index contributed by atoms with van der Waals surface area (Å²) in [7, 11) is -3.65. The molecule has 0 aliphatic carbocycles. The van der Waals surface area contributed by atoms with Crippen LogP contribution in [-0.2, 0) is 19.6 Å². The van der Waals surface area contributed by atoms with Crippen molar-refractivity contribution in [3.8, 4) is 0 Å². The van der Waals surface area contributed by atoms with E-state index in [4.69, 9.17) is 0 Å². The van der Waals surface area contributed by atoms with E-state index in [1.807, 2.05) is 0 Å². The van der Waals surface area contributed by atoms with Gasteiger partial charge in [0.15, 0.2) is 0 Å². The van der Waals surface area contributed by atoms with E-state index in [2.05, 4.69) is 26.6 Å². The zero-order chi connectivity index (χ0) is 19.3. The van der Waals surface area contributed by atoms with Crippen LogP contribution in [0.2, 0.25) is 0 Å². The molecule has 9 heteroatoms. The number of para-hydroxylation sites is 1. The Hall–Kier alpha value is -2.39. The molecule has 0 spiro atoms. The van der Waals surface area contributed by atoms with Gasteiger partial charge < -0.3 is 10.6 Å². The Morgan fingerprint density at radius 2 is 1.54 bits per heavy atom. The number of sulfonamides is 1. The first-order valence-electron chi connectivity index (χ1n) is 7.56. The summed E-state index contributed by atoms with van der Waals surface area (Å²) in [6.45, 7) is 1.03. The van der Waals surface area contributed by atoms with Crippen LogP contribution in [0, 0.1) is 0 Å². The van der Waals surface area contributed by atoms with Gasteiger partial charge in [-0.15, -0.1) is 0 Å². The summed E-state index contributed by atoms with van der Waals surface area (Å²) in [5.74, 6) is -0.683. The van der Waals surface area contributed by atoms with Gasteiger partial charge in [0.05, 0.1) is 11.9 Å². The van der Waals surface area contributed by atoms with E-state index in [0.717, 1.165) is 10.6 Å². The SMILES string of the molecule is CC(=O)Nc1ccc(NC(=O)CN(c2ccccc2Br)S(C)(=O)=O)cc1. The molecule has 0 aliphatic heterocycles. The van der Waals surface area contributed by atoms with E-state index in [9.17, 15) is 18.0 Å². The Morgan fingerprint density at radius 3 is 2.04 bits per heavy atom. The highest BCUT2D eigenvalue weighted by molar-refractivity contribution is 9.10. The van der Waals surface area contributed by atoms with Gasteiger partial charge in [-0.05, 0) is 52.3 Å².